The van der Waals surface area contributed by atoms with Crippen molar-refractivity contribution in [2.45, 2.75) is 13.0 Å². The van der Waals surface area contributed by atoms with E-state index in [4.69, 9.17) is 17.3 Å². The topological polar surface area (TPSA) is 58.4 Å². The number of para-hydroxylation sites is 1. The molecular formula is C12H18ClN3O. The van der Waals surface area contributed by atoms with Gasteiger partial charge in [0.25, 0.3) is 5.91 Å². The van der Waals surface area contributed by atoms with Crippen molar-refractivity contribution in [1.29, 1.82) is 0 Å². The zero-order valence-corrected chi connectivity index (χ0v) is 11.1. The second-order valence-electron chi connectivity index (χ2n) is 4.22. The van der Waals surface area contributed by atoms with Crippen LogP contribution in [0.4, 0.5) is 5.69 Å². The van der Waals surface area contributed by atoms with E-state index in [1.807, 2.05) is 25.9 Å². The van der Waals surface area contributed by atoms with Crippen molar-refractivity contribution >= 4 is 23.2 Å². The molecule has 0 saturated heterocycles. The van der Waals surface area contributed by atoms with Crippen LogP contribution in [0.25, 0.3) is 0 Å². The molecule has 94 valence electrons. The number of likely N-dealkylation sites (N-methyl/N-ethyl adjacent to an activating group) is 1. The molecule has 0 fully saturated rings. The van der Waals surface area contributed by atoms with E-state index < -0.39 is 0 Å². The lowest BCUT2D eigenvalue weighted by molar-refractivity contribution is 0.0944. The standard InChI is InChI=1S/C12H18ClN3O/c1-8(16(2)3)7-15-12(17)9-5-4-6-10(13)11(9)14/h4-6,8H,7,14H2,1-3H3,(H,15,17). The summed E-state index contributed by atoms with van der Waals surface area (Å²) >= 11 is 5.86. The van der Waals surface area contributed by atoms with Gasteiger partial charge in [0, 0.05) is 12.6 Å². The molecular weight excluding hydrogens is 238 g/mol. The van der Waals surface area contributed by atoms with Crippen LogP contribution in [0.3, 0.4) is 0 Å². The summed E-state index contributed by atoms with van der Waals surface area (Å²) in [4.78, 5) is 13.9. The number of nitrogen functional groups attached to an aromatic ring is 1. The third kappa shape index (κ3) is 3.61. The molecule has 0 radical (unpaired) electrons. The number of nitrogens with one attached hydrogen (secondary N) is 1. The van der Waals surface area contributed by atoms with Crippen LogP contribution in [0.2, 0.25) is 5.02 Å². The first-order valence-electron chi connectivity index (χ1n) is 5.42. The fourth-order valence-electron chi connectivity index (χ4n) is 1.25. The fourth-order valence-corrected chi connectivity index (χ4v) is 1.43. The van der Waals surface area contributed by atoms with Crippen molar-refractivity contribution in [2.24, 2.45) is 0 Å². The summed E-state index contributed by atoms with van der Waals surface area (Å²) in [7, 11) is 3.93. The molecule has 5 heteroatoms. The Bertz CT molecular complexity index is 407. The lowest BCUT2D eigenvalue weighted by atomic mass is 10.1. The summed E-state index contributed by atoms with van der Waals surface area (Å²) in [5, 5.41) is 3.23. The van der Waals surface area contributed by atoms with E-state index in [1.165, 1.54) is 0 Å². The summed E-state index contributed by atoms with van der Waals surface area (Å²) in [6.07, 6.45) is 0. The normalized spacial score (nSPS) is 12.5. The van der Waals surface area contributed by atoms with E-state index in [1.54, 1.807) is 18.2 Å². The third-order valence-corrected chi connectivity index (χ3v) is 3.07. The fraction of sp³-hybridized carbons (Fsp3) is 0.417. The highest BCUT2D eigenvalue weighted by Crippen LogP contribution is 2.22. The number of carbonyl (C=O) groups is 1. The van der Waals surface area contributed by atoms with Gasteiger partial charge in [-0.2, -0.15) is 0 Å². The molecule has 1 rings (SSSR count). The van der Waals surface area contributed by atoms with Crippen molar-refractivity contribution in [3.8, 4) is 0 Å². The second-order valence-corrected chi connectivity index (χ2v) is 4.63. The van der Waals surface area contributed by atoms with E-state index in [0.29, 0.717) is 22.8 Å². The molecule has 1 amide bonds. The highest BCUT2D eigenvalue weighted by molar-refractivity contribution is 6.33. The Balaban J connectivity index is 2.68. The Morgan fingerprint density at radius 3 is 2.76 bits per heavy atom. The van der Waals surface area contributed by atoms with Crippen LogP contribution in [0.1, 0.15) is 17.3 Å². The minimum absolute atomic E-state index is 0.196. The Morgan fingerprint density at radius 2 is 2.18 bits per heavy atom. The van der Waals surface area contributed by atoms with Crippen LogP contribution in [-0.4, -0.2) is 37.5 Å². The average molecular weight is 256 g/mol. The zero-order valence-electron chi connectivity index (χ0n) is 10.3. The number of nitrogens with zero attached hydrogens (tertiary/aromatic N) is 1. The van der Waals surface area contributed by atoms with Crippen LogP contribution in [0, 0.1) is 0 Å². The highest BCUT2D eigenvalue weighted by atomic mass is 35.5. The summed E-state index contributed by atoms with van der Waals surface area (Å²) in [5.41, 5.74) is 6.49. The summed E-state index contributed by atoms with van der Waals surface area (Å²) in [6.45, 7) is 2.60. The maximum absolute atomic E-state index is 11.9. The van der Waals surface area contributed by atoms with Gasteiger partial charge in [0.15, 0.2) is 0 Å². The Hall–Kier alpha value is -1.26. The molecule has 4 nitrogen and oxygen atoms in total. The smallest absolute Gasteiger partial charge is 0.253 e. The van der Waals surface area contributed by atoms with Gasteiger partial charge in [-0.1, -0.05) is 17.7 Å². The SMILES string of the molecule is CC(CNC(=O)c1cccc(Cl)c1N)N(C)C. The Kier molecular flexibility index (Phi) is 4.78. The predicted octanol–water partition coefficient (Wildman–Crippen LogP) is 1.60. The molecule has 3 N–H and O–H groups in total. The van der Waals surface area contributed by atoms with E-state index in [0.717, 1.165) is 0 Å². The number of halogens is 1. The van der Waals surface area contributed by atoms with Crippen molar-refractivity contribution < 1.29 is 4.79 Å². The molecule has 1 unspecified atom stereocenters. The lowest BCUT2D eigenvalue weighted by Gasteiger charge is -2.20. The van der Waals surface area contributed by atoms with Gasteiger partial charge >= 0.3 is 0 Å². The third-order valence-electron chi connectivity index (χ3n) is 2.74. The quantitative estimate of drug-likeness (QED) is 0.804. The maximum Gasteiger partial charge on any atom is 0.253 e. The Labute approximate surface area is 107 Å². The first-order valence-corrected chi connectivity index (χ1v) is 5.80. The van der Waals surface area contributed by atoms with Crippen LogP contribution in [0.5, 0.6) is 0 Å². The van der Waals surface area contributed by atoms with Crippen LogP contribution in [0.15, 0.2) is 18.2 Å². The number of anilines is 1. The molecule has 1 aromatic carbocycles. The molecule has 17 heavy (non-hydrogen) atoms. The number of amides is 1. The van der Waals surface area contributed by atoms with Gasteiger partial charge in [-0.25, -0.2) is 0 Å². The summed E-state index contributed by atoms with van der Waals surface area (Å²) < 4.78 is 0. The molecule has 0 heterocycles. The number of hydrogen-bond acceptors (Lipinski definition) is 3. The average Bonchev–Trinajstić information content (AvgIpc) is 2.29. The first kappa shape index (κ1) is 13.8. The monoisotopic (exact) mass is 255 g/mol. The van der Waals surface area contributed by atoms with Crippen LogP contribution >= 0.6 is 11.6 Å². The molecule has 0 saturated carbocycles. The molecule has 0 aromatic heterocycles. The van der Waals surface area contributed by atoms with E-state index >= 15 is 0 Å². The van der Waals surface area contributed by atoms with Gasteiger partial charge in [0.05, 0.1) is 16.3 Å². The number of hydrogen-bond donors (Lipinski definition) is 2. The first-order chi connectivity index (χ1) is 7.93. The second kappa shape index (κ2) is 5.89. The van der Waals surface area contributed by atoms with Crippen molar-refractivity contribution in [3.63, 3.8) is 0 Å². The van der Waals surface area contributed by atoms with E-state index in [9.17, 15) is 4.79 Å². The molecule has 0 spiro atoms. The van der Waals surface area contributed by atoms with Crippen LogP contribution < -0.4 is 11.1 Å². The number of benzene rings is 1. The van der Waals surface area contributed by atoms with Crippen LogP contribution in [-0.2, 0) is 0 Å². The summed E-state index contributed by atoms with van der Waals surface area (Å²) in [5.74, 6) is -0.196. The van der Waals surface area contributed by atoms with Gasteiger partial charge < -0.3 is 16.0 Å². The predicted molar refractivity (Wildman–Crippen MR) is 71.3 cm³/mol. The van der Waals surface area contributed by atoms with E-state index in [-0.39, 0.29) is 11.9 Å². The molecule has 1 aromatic rings. The van der Waals surface area contributed by atoms with Gasteiger partial charge in [0.2, 0.25) is 0 Å². The molecule has 1 atom stereocenters. The van der Waals surface area contributed by atoms with Gasteiger partial charge in [0.1, 0.15) is 0 Å². The van der Waals surface area contributed by atoms with Crippen molar-refractivity contribution in [3.05, 3.63) is 28.8 Å². The van der Waals surface area contributed by atoms with Gasteiger partial charge in [-0.3, -0.25) is 4.79 Å². The minimum atomic E-state index is -0.196. The zero-order chi connectivity index (χ0) is 13.0. The lowest BCUT2D eigenvalue weighted by Crippen LogP contribution is -2.38. The minimum Gasteiger partial charge on any atom is -0.397 e. The largest absolute Gasteiger partial charge is 0.397 e. The number of carbonyl (C=O) groups excluding carboxylic acids is 1. The molecule has 0 aliphatic heterocycles. The molecule has 0 bridgehead atoms. The Morgan fingerprint density at radius 1 is 1.53 bits per heavy atom. The number of rotatable bonds is 4. The van der Waals surface area contributed by atoms with Crippen molar-refractivity contribution in [1.82, 2.24) is 10.2 Å². The highest BCUT2D eigenvalue weighted by Gasteiger charge is 2.13. The van der Waals surface area contributed by atoms with Gasteiger partial charge in [-0.15, -0.1) is 0 Å². The van der Waals surface area contributed by atoms with Crippen molar-refractivity contribution in [2.75, 3.05) is 26.4 Å². The maximum atomic E-state index is 11.9. The summed E-state index contributed by atoms with van der Waals surface area (Å²) in [6, 6.07) is 5.30. The van der Waals surface area contributed by atoms with E-state index in [2.05, 4.69) is 5.32 Å². The number of nitrogens with two attached hydrogens (primary N) is 1. The molecule has 0 aliphatic rings. The van der Waals surface area contributed by atoms with Gasteiger partial charge in [-0.05, 0) is 33.2 Å². The molecule has 0 aliphatic carbocycles.